The van der Waals surface area contributed by atoms with Crippen LogP contribution in [0.1, 0.15) is 88.6 Å². The van der Waals surface area contributed by atoms with Crippen LogP contribution in [0.3, 0.4) is 0 Å². The third-order valence-corrected chi connectivity index (χ3v) is 8.84. The van der Waals surface area contributed by atoms with E-state index in [9.17, 15) is 4.39 Å². The Morgan fingerprint density at radius 3 is 2.52 bits per heavy atom. The molecule has 1 N–H and O–H groups in total. The largest absolute Gasteiger partial charge is 0.370 e. The zero-order valence-corrected chi connectivity index (χ0v) is 25.8. The molecule has 5 nitrogen and oxygen atoms in total. The Kier molecular flexibility index (Phi) is 9.61. The molecule has 3 heterocycles. The number of nitrogens with zero attached hydrogens (tertiary/aromatic N) is 4. The van der Waals surface area contributed by atoms with Crippen LogP contribution in [0.4, 0.5) is 10.2 Å². The fraction of sp³-hybridized carbons (Fsp3) is 0.444. The number of aliphatic imine (C=N–C) groups is 1. The van der Waals surface area contributed by atoms with E-state index < -0.39 is 0 Å². The maximum atomic E-state index is 13.4. The van der Waals surface area contributed by atoms with E-state index in [1.165, 1.54) is 37.7 Å². The molecule has 1 aliphatic carbocycles. The number of anilines is 1. The minimum absolute atomic E-state index is 0.0541. The van der Waals surface area contributed by atoms with E-state index in [2.05, 4.69) is 74.0 Å². The zero-order valence-electron chi connectivity index (χ0n) is 25.8. The lowest BCUT2D eigenvalue weighted by atomic mass is 9.96. The van der Waals surface area contributed by atoms with E-state index in [0.29, 0.717) is 13.1 Å². The molecule has 42 heavy (non-hydrogen) atoms. The zero-order chi connectivity index (χ0) is 29.6. The first-order chi connectivity index (χ1) is 20.5. The maximum Gasteiger partial charge on any atom is 0.144 e. The Balaban J connectivity index is 1.57. The minimum Gasteiger partial charge on any atom is -0.370 e. The molecular weight excluding hydrogens is 521 g/mol. The van der Waals surface area contributed by atoms with E-state index in [0.717, 1.165) is 69.8 Å². The van der Waals surface area contributed by atoms with Gasteiger partial charge in [-0.15, -0.1) is 0 Å². The number of alkyl halides is 1. The highest BCUT2D eigenvalue weighted by Crippen LogP contribution is 2.42. The Morgan fingerprint density at radius 1 is 1.14 bits per heavy atom. The summed E-state index contributed by atoms with van der Waals surface area (Å²) < 4.78 is 15.4. The molecule has 1 aromatic carbocycles. The van der Waals surface area contributed by atoms with Crippen molar-refractivity contribution in [2.45, 2.75) is 72.6 Å². The van der Waals surface area contributed by atoms with Crippen LogP contribution in [0.25, 0.3) is 22.8 Å². The highest BCUT2D eigenvalue weighted by Gasteiger charge is 2.34. The fourth-order valence-electron chi connectivity index (χ4n) is 6.20. The van der Waals surface area contributed by atoms with Gasteiger partial charge in [-0.05, 0) is 67.9 Å². The van der Waals surface area contributed by atoms with Gasteiger partial charge in [-0.25, -0.2) is 4.68 Å². The summed E-state index contributed by atoms with van der Waals surface area (Å²) in [5.74, 6) is 1.76. The van der Waals surface area contributed by atoms with Crippen molar-refractivity contribution in [2.75, 3.05) is 25.1 Å². The van der Waals surface area contributed by atoms with Crippen LogP contribution in [0, 0.1) is 11.8 Å². The van der Waals surface area contributed by atoms with Gasteiger partial charge in [0.05, 0.1) is 23.6 Å². The Labute approximate surface area is 251 Å². The summed E-state index contributed by atoms with van der Waals surface area (Å²) in [5, 5.41) is 8.93. The van der Waals surface area contributed by atoms with Gasteiger partial charge in [-0.3, -0.25) is 9.38 Å². The monoisotopic (exact) mass is 567 g/mol. The van der Waals surface area contributed by atoms with Crippen molar-refractivity contribution >= 4 is 34.8 Å². The highest BCUT2D eigenvalue weighted by atomic mass is 19.1. The Morgan fingerprint density at radius 2 is 1.88 bits per heavy atom. The molecule has 2 aromatic rings. The van der Waals surface area contributed by atoms with Crippen LogP contribution < -0.4 is 5.32 Å². The second-order valence-corrected chi connectivity index (χ2v) is 11.9. The number of benzene rings is 1. The van der Waals surface area contributed by atoms with Crippen molar-refractivity contribution in [1.29, 1.82) is 0 Å². The fourth-order valence-corrected chi connectivity index (χ4v) is 6.20. The lowest BCUT2D eigenvalue weighted by Gasteiger charge is -2.41. The van der Waals surface area contributed by atoms with Crippen LogP contribution >= 0.6 is 0 Å². The Bertz CT molecular complexity index is 1420. The standard InChI is InChI=1S/C36H46FN5/c1-6-9-19-38-34(25(4)8-3)35-33(26(5)41-23-29(22-37)24-41)36-39-32(21-31(12-7-2)42(36)40-35)30-17-15-28(16-18-30)20-27-13-10-11-14-27/h6,9,12,15-19,21,27,29,39H,5,7-8,10-11,13-14,20,22-24H2,1-4H3/b9-6-,31-12+,34-25-,38-19+. The van der Waals surface area contributed by atoms with E-state index in [4.69, 9.17) is 10.1 Å². The maximum absolute atomic E-state index is 13.4. The van der Waals surface area contributed by atoms with Crippen molar-refractivity contribution in [3.8, 4) is 0 Å². The van der Waals surface area contributed by atoms with Gasteiger partial charge in [0.25, 0.3) is 0 Å². The minimum atomic E-state index is -0.304. The summed E-state index contributed by atoms with van der Waals surface area (Å²) in [6.07, 6.45) is 18.5. The number of aromatic nitrogens is 2. The molecule has 3 aliphatic rings. The van der Waals surface area contributed by atoms with Gasteiger partial charge < -0.3 is 10.2 Å². The predicted octanol–water partition coefficient (Wildman–Crippen LogP) is 8.99. The van der Waals surface area contributed by atoms with Gasteiger partial charge in [0.15, 0.2) is 0 Å². The molecule has 0 unspecified atom stereocenters. The molecule has 222 valence electrons. The van der Waals surface area contributed by atoms with Crippen molar-refractivity contribution in [1.82, 2.24) is 14.7 Å². The molecule has 2 aliphatic heterocycles. The van der Waals surface area contributed by atoms with E-state index >= 15 is 0 Å². The molecule has 5 rings (SSSR count). The van der Waals surface area contributed by atoms with Gasteiger partial charge >= 0.3 is 0 Å². The van der Waals surface area contributed by atoms with Crippen LogP contribution in [0.2, 0.25) is 0 Å². The number of allylic oxidation sites excluding steroid dienone is 6. The normalized spacial score (nSPS) is 19.3. The third-order valence-electron chi connectivity index (χ3n) is 8.84. The van der Waals surface area contributed by atoms with Crippen molar-refractivity contribution in [2.24, 2.45) is 16.8 Å². The first kappa shape index (κ1) is 29.8. The number of fused-ring (bicyclic) bond motifs is 1. The second kappa shape index (κ2) is 13.5. The summed E-state index contributed by atoms with van der Waals surface area (Å²) in [7, 11) is 0. The first-order valence-electron chi connectivity index (χ1n) is 15.7. The second-order valence-electron chi connectivity index (χ2n) is 11.9. The lowest BCUT2D eigenvalue weighted by Crippen LogP contribution is -2.46. The number of halogens is 1. The lowest BCUT2D eigenvalue weighted by molar-refractivity contribution is 0.143. The van der Waals surface area contributed by atoms with Crippen LogP contribution in [0.5, 0.6) is 0 Å². The number of rotatable bonds is 11. The molecule has 0 bridgehead atoms. The first-order valence-corrected chi connectivity index (χ1v) is 15.7. The average Bonchev–Trinajstić information content (AvgIpc) is 3.63. The molecule has 1 saturated carbocycles. The average molecular weight is 568 g/mol. The smallest absolute Gasteiger partial charge is 0.144 e. The number of hydrogen-bond donors (Lipinski definition) is 1. The topological polar surface area (TPSA) is 45.5 Å². The molecule has 0 amide bonds. The summed E-state index contributed by atoms with van der Waals surface area (Å²) in [6.45, 7) is 13.9. The van der Waals surface area contributed by atoms with Crippen molar-refractivity contribution in [3.63, 3.8) is 0 Å². The number of likely N-dealkylation sites (tertiary alicyclic amines) is 1. The third kappa shape index (κ3) is 6.23. The SMILES string of the molecule is C=C(c1c(C(/N=C/C=C\C)=C(\C)CC)nn2c1NC(c1ccc(CC3CCCC3)cc1)=C/C2=C\CC)N1CC(CF)C1. The molecule has 1 aromatic heterocycles. The molecule has 6 heteroatoms. The highest BCUT2D eigenvalue weighted by molar-refractivity contribution is 5.95. The van der Waals surface area contributed by atoms with Gasteiger partial charge in [-0.1, -0.05) is 82.5 Å². The van der Waals surface area contributed by atoms with Crippen LogP contribution in [0.15, 0.2) is 65.7 Å². The molecule has 0 spiro atoms. The van der Waals surface area contributed by atoms with Crippen LogP contribution in [-0.4, -0.2) is 40.7 Å². The molecular formula is C36H46FN5. The van der Waals surface area contributed by atoms with Gasteiger partial charge in [0.2, 0.25) is 0 Å². The summed E-state index contributed by atoms with van der Waals surface area (Å²) in [6, 6.07) is 9.05. The molecule has 0 radical (unpaired) electrons. The number of hydrogen-bond acceptors (Lipinski definition) is 4. The van der Waals surface area contributed by atoms with E-state index in [-0.39, 0.29) is 12.6 Å². The molecule has 1 saturated heterocycles. The van der Waals surface area contributed by atoms with E-state index in [1.54, 1.807) is 0 Å². The quantitative estimate of drug-likeness (QED) is 0.276. The van der Waals surface area contributed by atoms with E-state index in [1.807, 2.05) is 30.0 Å². The summed E-state index contributed by atoms with van der Waals surface area (Å²) >= 11 is 0. The van der Waals surface area contributed by atoms with Crippen LogP contribution in [-0.2, 0) is 6.42 Å². The predicted molar refractivity (Wildman–Crippen MR) is 177 cm³/mol. The van der Waals surface area contributed by atoms with Gasteiger partial charge in [0, 0.05) is 36.6 Å². The Hall–Kier alpha value is -3.67. The van der Waals surface area contributed by atoms with Gasteiger partial charge in [-0.2, -0.15) is 5.10 Å². The summed E-state index contributed by atoms with van der Waals surface area (Å²) in [5.41, 5.74) is 9.21. The molecule has 2 fully saturated rings. The van der Waals surface area contributed by atoms with Gasteiger partial charge in [0.1, 0.15) is 11.5 Å². The molecule has 0 atom stereocenters. The van der Waals surface area contributed by atoms with Crippen molar-refractivity contribution < 1.29 is 4.39 Å². The van der Waals surface area contributed by atoms with Crippen molar-refractivity contribution in [3.05, 3.63) is 83.1 Å². The number of nitrogens with one attached hydrogen (secondary N) is 1. The summed E-state index contributed by atoms with van der Waals surface area (Å²) in [4.78, 5) is 7.05.